The van der Waals surface area contributed by atoms with Gasteiger partial charge in [-0.1, -0.05) is 71.7 Å². The molecule has 1 saturated heterocycles. The minimum Gasteiger partial charge on any atom is -0.355 e. The summed E-state index contributed by atoms with van der Waals surface area (Å²) in [6, 6.07) is 25.7. The molecule has 1 aliphatic rings. The molecule has 186 valence electrons. The van der Waals surface area contributed by atoms with Crippen LogP contribution in [-0.4, -0.2) is 37.0 Å². The van der Waals surface area contributed by atoms with E-state index in [9.17, 15) is 10.1 Å². The van der Waals surface area contributed by atoms with Gasteiger partial charge in [0.25, 0.3) is 0 Å². The lowest BCUT2D eigenvalue weighted by Crippen LogP contribution is -2.43. The predicted octanol–water partition coefficient (Wildman–Crippen LogP) is 6.50. The summed E-state index contributed by atoms with van der Waals surface area (Å²) in [6.07, 6.45) is 2.51. The number of amides is 1. The fourth-order valence-electron chi connectivity index (χ4n) is 5.13. The van der Waals surface area contributed by atoms with Crippen LogP contribution < -0.4 is 5.32 Å². The van der Waals surface area contributed by atoms with E-state index in [1.807, 2.05) is 60.7 Å². The van der Waals surface area contributed by atoms with Crippen molar-refractivity contribution in [2.45, 2.75) is 37.5 Å². The molecule has 0 bridgehead atoms. The lowest BCUT2D eigenvalue weighted by atomic mass is 9.72. The van der Waals surface area contributed by atoms with Crippen molar-refractivity contribution >= 4 is 29.1 Å². The minimum atomic E-state index is -0.431. The van der Waals surface area contributed by atoms with E-state index >= 15 is 0 Å². The Hall–Kier alpha value is -2.84. The van der Waals surface area contributed by atoms with Crippen LogP contribution in [-0.2, 0) is 10.2 Å². The van der Waals surface area contributed by atoms with Crippen LogP contribution in [0, 0.1) is 18.3 Å². The molecule has 0 unspecified atom stereocenters. The predicted molar refractivity (Wildman–Crippen MR) is 147 cm³/mol. The molecule has 4 nitrogen and oxygen atoms in total. The summed E-state index contributed by atoms with van der Waals surface area (Å²) in [5.41, 5.74) is 3.72. The molecule has 6 heteroatoms. The van der Waals surface area contributed by atoms with Gasteiger partial charge >= 0.3 is 0 Å². The van der Waals surface area contributed by atoms with E-state index in [0.717, 1.165) is 55.6 Å². The second-order valence-corrected chi connectivity index (χ2v) is 10.4. The quantitative estimate of drug-likeness (QED) is 0.345. The monoisotopic (exact) mass is 519 g/mol. The van der Waals surface area contributed by atoms with Gasteiger partial charge in [-0.2, -0.15) is 5.26 Å². The van der Waals surface area contributed by atoms with Crippen molar-refractivity contribution in [3.8, 4) is 6.07 Å². The summed E-state index contributed by atoms with van der Waals surface area (Å²) < 4.78 is 0. The van der Waals surface area contributed by atoms with Gasteiger partial charge in [0.05, 0.1) is 17.4 Å². The zero-order valence-electron chi connectivity index (χ0n) is 20.5. The molecule has 1 amide bonds. The number of likely N-dealkylation sites (tertiary alicyclic amines) is 1. The van der Waals surface area contributed by atoms with Crippen molar-refractivity contribution in [1.29, 1.82) is 5.26 Å². The maximum atomic E-state index is 13.3. The average molecular weight is 521 g/mol. The molecule has 4 rings (SSSR count). The number of nitrogens with one attached hydrogen (secondary N) is 1. The van der Waals surface area contributed by atoms with Crippen molar-refractivity contribution in [2.75, 3.05) is 26.2 Å². The number of nitrogens with zero attached hydrogens (tertiary/aromatic N) is 2. The summed E-state index contributed by atoms with van der Waals surface area (Å²) in [7, 11) is 0. The summed E-state index contributed by atoms with van der Waals surface area (Å²) in [5.74, 6) is -0.471. The number of carbonyl (C=O) groups excluding carboxylic acids is 1. The molecular weight excluding hydrogens is 489 g/mol. The van der Waals surface area contributed by atoms with Gasteiger partial charge in [-0.05, 0) is 92.3 Å². The van der Waals surface area contributed by atoms with E-state index in [-0.39, 0.29) is 5.91 Å². The molecule has 0 radical (unpaired) electrons. The zero-order valence-corrected chi connectivity index (χ0v) is 22.0. The molecule has 1 heterocycles. The van der Waals surface area contributed by atoms with Crippen LogP contribution in [0.15, 0.2) is 72.8 Å². The van der Waals surface area contributed by atoms with Crippen LogP contribution >= 0.6 is 23.2 Å². The summed E-state index contributed by atoms with van der Waals surface area (Å²) in [6.45, 7) is 5.34. The molecule has 0 aromatic heterocycles. The largest absolute Gasteiger partial charge is 0.355 e. The topological polar surface area (TPSA) is 56.1 Å². The Morgan fingerprint density at radius 2 is 1.53 bits per heavy atom. The maximum absolute atomic E-state index is 13.3. The van der Waals surface area contributed by atoms with Gasteiger partial charge in [0, 0.05) is 16.6 Å². The normalized spacial score (nSPS) is 15.4. The number of halogens is 2. The third-order valence-electron chi connectivity index (χ3n) is 7.20. The second kappa shape index (κ2) is 11.9. The van der Waals surface area contributed by atoms with Crippen LogP contribution in [0.4, 0.5) is 0 Å². The van der Waals surface area contributed by atoms with Crippen LogP contribution in [0.2, 0.25) is 10.0 Å². The van der Waals surface area contributed by atoms with E-state index in [1.165, 1.54) is 5.56 Å². The van der Waals surface area contributed by atoms with Crippen molar-refractivity contribution in [1.82, 2.24) is 10.2 Å². The second-order valence-electron chi connectivity index (χ2n) is 9.53. The first-order valence-corrected chi connectivity index (χ1v) is 13.2. The number of hydrogen-bond donors (Lipinski definition) is 1. The molecule has 1 aliphatic heterocycles. The number of rotatable bonds is 8. The molecular formula is C30H31Cl2N3O. The van der Waals surface area contributed by atoms with Crippen molar-refractivity contribution in [2.24, 2.45) is 0 Å². The van der Waals surface area contributed by atoms with E-state index in [4.69, 9.17) is 23.2 Å². The van der Waals surface area contributed by atoms with Crippen LogP contribution in [0.25, 0.3) is 0 Å². The molecule has 1 fully saturated rings. The summed E-state index contributed by atoms with van der Waals surface area (Å²) in [4.78, 5) is 15.6. The van der Waals surface area contributed by atoms with Crippen molar-refractivity contribution in [3.63, 3.8) is 0 Å². The minimum absolute atomic E-state index is 0.0404. The Morgan fingerprint density at radius 3 is 2.06 bits per heavy atom. The van der Waals surface area contributed by atoms with E-state index in [2.05, 4.69) is 35.3 Å². The van der Waals surface area contributed by atoms with Gasteiger partial charge in [-0.15, -0.1) is 0 Å². The third-order valence-corrected chi connectivity index (χ3v) is 7.71. The number of nitriles is 1. The molecule has 36 heavy (non-hydrogen) atoms. The molecule has 0 atom stereocenters. The van der Waals surface area contributed by atoms with Gasteiger partial charge < -0.3 is 10.2 Å². The van der Waals surface area contributed by atoms with Crippen molar-refractivity contribution < 1.29 is 4.79 Å². The SMILES string of the molecule is Cc1ccccc1C1(C#N)CCN(CCCNC(=O)C(c2ccc(Cl)cc2)c2ccc(Cl)cc2)CC1. The molecule has 0 saturated carbocycles. The Labute approximate surface area is 223 Å². The molecule has 0 aliphatic carbocycles. The average Bonchev–Trinajstić information content (AvgIpc) is 2.90. The van der Waals surface area contributed by atoms with Gasteiger partial charge in [-0.3, -0.25) is 4.79 Å². The highest BCUT2D eigenvalue weighted by Crippen LogP contribution is 2.36. The highest BCUT2D eigenvalue weighted by molar-refractivity contribution is 6.30. The van der Waals surface area contributed by atoms with Crippen LogP contribution in [0.5, 0.6) is 0 Å². The van der Waals surface area contributed by atoms with E-state index < -0.39 is 11.3 Å². The third kappa shape index (κ3) is 6.10. The maximum Gasteiger partial charge on any atom is 0.232 e. The van der Waals surface area contributed by atoms with E-state index in [0.29, 0.717) is 16.6 Å². The number of carbonyl (C=O) groups is 1. The van der Waals surface area contributed by atoms with Crippen LogP contribution in [0.1, 0.15) is 47.4 Å². The Morgan fingerprint density at radius 1 is 0.972 bits per heavy atom. The number of hydrogen-bond acceptors (Lipinski definition) is 3. The first kappa shape index (κ1) is 26.2. The van der Waals surface area contributed by atoms with Gasteiger partial charge in [0.1, 0.15) is 0 Å². The highest BCUT2D eigenvalue weighted by atomic mass is 35.5. The molecule has 1 N–H and O–H groups in total. The molecule has 0 spiro atoms. The van der Waals surface area contributed by atoms with Crippen LogP contribution in [0.3, 0.4) is 0 Å². The smallest absolute Gasteiger partial charge is 0.232 e. The Bertz CT molecular complexity index is 1160. The van der Waals surface area contributed by atoms with Gasteiger partial charge in [0.15, 0.2) is 0 Å². The van der Waals surface area contributed by atoms with Crippen molar-refractivity contribution in [3.05, 3.63) is 105 Å². The first-order chi connectivity index (χ1) is 17.4. The van der Waals surface area contributed by atoms with E-state index in [1.54, 1.807) is 0 Å². The molecule has 3 aromatic rings. The lowest BCUT2D eigenvalue weighted by Gasteiger charge is -2.38. The summed E-state index contributed by atoms with van der Waals surface area (Å²) >= 11 is 12.1. The van der Waals surface area contributed by atoms with Gasteiger partial charge in [0.2, 0.25) is 5.91 Å². The number of piperidine rings is 1. The zero-order chi connectivity index (χ0) is 25.5. The Balaban J connectivity index is 1.32. The van der Waals surface area contributed by atoms with Gasteiger partial charge in [-0.25, -0.2) is 0 Å². The first-order valence-electron chi connectivity index (χ1n) is 12.4. The fraction of sp³-hybridized carbons (Fsp3) is 0.333. The molecule has 3 aromatic carbocycles. The lowest BCUT2D eigenvalue weighted by molar-refractivity contribution is -0.121. The highest BCUT2D eigenvalue weighted by Gasteiger charge is 2.37. The number of aryl methyl sites for hydroxylation is 1. The fourth-order valence-corrected chi connectivity index (χ4v) is 5.38. The Kier molecular flexibility index (Phi) is 8.69. The number of benzene rings is 3. The summed E-state index contributed by atoms with van der Waals surface area (Å²) in [5, 5.41) is 14.4. The standard InChI is InChI=1S/C30H31Cl2N3O/c1-22-5-2-3-6-27(22)30(21-33)15-19-35(20-16-30)18-4-17-34-29(36)28(23-7-11-25(31)12-8-23)24-9-13-26(32)14-10-24/h2-3,5-14,28H,4,15-20H2,1H3,(H,34,36).